The molecule has 2 aromatic rings. The van der Waals surface area contributed by atoms with Crippen LogP contribution >= 0.6 is 0 Å². The van der Waals surface area contributed by atoms with Gasteiger partial charge in [0.15, 0.2) is 0 Å². The van der Waals surface area contributed by atoms with Crippen molar-refractivity contribution in [3.8, 4) is 11.5 Å². The average molecular weight is 573 g/mol. The van der Waals surface area contributed by atoms with Crippen LogP contribution in [-0.4, -0.2) is 64.8 Å². The van der Waals surface area contributed by atoms with Gasteiger partial charge in [0, 0.05) is 24.1 Å². The second-order valence-corrected chi connectivity index (χ2v) is 10.1. The van der Waals surface area contributed by atoms with Crippen molar-refractivity contribution in [2.45, 2.75) is 64.1 Å². The van der Waals surface area contributed by atoms with Crippen molar-refractivity contribution in [1.29, 1.82) is 0 Å². The van der Waals surface area contributed by atoms with Gasteiger partial charge in [0.2, 0.25) is 5.91 Å². The Morgan fingerprint density at radius 2 is 1.68 bits per heavy atom. The minimum atomic E-state index is -1.47. The van der Waals surface area contributed by atoms with Gasteiger partial charge in [-0.3, -0.25) is 14.6 Å². The van der Waals surface area contributed by atoms with Crippen LogP contribution in [-0.2, 0) is 16.0 Å². The summed E-state index contributed by atoms with van der Waals surface area (Å²) in [5.41, 5.74) is -1.59. The van der Waals surface area contributed by atoms with E-state index in [-0.39, 0.29) is 46.7 Å². The van der Waals surface area contributed by atoms with Gasteiger partial charge < -0.3 is 35.8 Å². The molecule has 1 unspecified atom stereocenters. The van der Waals surface area contributed by atoms with Crippen LogP contribution in [0, 0.1) is 5.92 Å². The van der Waals surface area contributed by atoms with Gasteiger partial charge in [-0.2, -0.15) is 0 Å². The minimum absolute atomic E-state index is 0.0506. The summed E-state index contributed by atoms with van der Waals surface area (Å²) in [5.74, 6) is -2.27. The zero-order valence-electron chi connectivity index (χ0n) is 23.5. The summed E-state index contributed by atoms with van der Waals surface area (Å²) in [5, 5.41) is 20.6. The normalized spacial score (nSPS) is 14.9. The lowest BCUT2D eigenvalue weighted by Crippen LogP contribution is -2.64. The first-order valence-corrected chi connectivity index (χ1v) is 13.2. The average Bonchev–Trinajstić information content (AvgIpc) is 2.93. The van der Waals surface area contributed by atoms with Crippen LogP contribution in [0.3, 0.4) is 0 Å². The van der Waals surface area contributed by atoms with Gasteiger partial charge in [-0.1, -0.05) is 26.3 Å². The number of benzene rings is 1. The standard InChI is InChI=1S/C27H36N6O8/c1-15(2)22(34)32-27(11-6-5-7-12-27)33-26(39)29-17(24(36)37)13-16-14-28-25(38)31-21(16)30-23(35)20-18(40-3)9-8-10-19(20)41-4/h8-10,14-15,17H,5-7,11-13H2,1-4H3,(H,32,34)(H,36,37)(H2,29,33,39)(H2,28,30,31,35,38). The largest absolute Gasteiger partial charge is 0.496 e. The fourth-order valence-electron chi connectivity index (χ4n) is 4.59. The van der Waals surface area contributed by atoms with E-state index in [2.05, 4.69) is 31.2 Å². The van der Waals surface area contributed by atoms with Gasteiger partial charge in [0.05, 0.1) is 14.2 Å². The number of nitrogens with one attached hydrogen (secondary N) is 5. The number of hydrogen-bond donors (Lipinski definition) is 6. The van der Waals surface area contributed by atoms with Crippen LogP contribution in [0.15, 0.2) is 29.2 Å². The Morgan fingerprint density at radius 1 is 1.05 bits per heavy atom. The topological polar surface area (TPSA) is 201 Å². The summed E-state index contributed by atoms with van der Waals surface area (Å²) < 4.78 is 10.5. The molecule has 1 aromatic carbocycles. The van der Waals surface area contributed by atoms with E-state index < -0.39 is 35.3 Å². The molecule has 222 valence electrons. The number of carboxylic acid groups (broad SMARTS) is 1. The highest BCUT2D eigenvalue weighted by atomic mass is 16.5. The number of ether oxygens (including phenoxy) is 2. The summed E-state index contributed by atoms with van der Waals surface area (Å²) >= 11 is 0. The highest BCUT2D eigenvalue weighted by Gasteiger charge is 2.36. The predicted octanol–water partition coefficient (Wildman–Crippen LogP) is 1.77. The van der Waals surface area contributed by atoms with Crippen molar-refractivity contribution in [2.24, 2.45) is 5.92 Å². The number of aromatic amines is 1. The van der Waals surface area contributed by atoms with Crippen LogP contribution in [0.2, 0.25) is 0 Å². The van der Waals surface area contributed by atoms with Gasteiger partial charge >= 0.3 is 17.7 Å². The van der Waals surface area contributed by atoms with E-state index in [4.69, 9.17) is 9.47 Å². The molecule has 1 fully saturated rings. The molecule has 0 bridgehead atoms. The summed E-state index contributed by atoms with van der Waals surface area (Å²) in [6, 6.07) is 2.48. The summed E-state index contributed by atoms with van der Waals surface area (Å²) in [4.78, 5) is 68.8. The Labute approximate surface area is 236 Å². The number of nitrogens with zero attached hydrogens (tertiary/aromatic N) is 1. The number of methoxy groups -OCH3 is 2. The molecule has 1 heterocycles. The van der Waals surface area contributed by atoms with Crippen molar-refractivity contribution in [3.63, 3.8) is 0 Å². The van der Waals surface area contributed by atoms with Gasteiger partial charge in [-0.25, -0.2) is 19.4 Å². The summed E-state index contributed by atoms with van der Waals surface area (Å²) in [6.07, 6.45) is 4.31. The Bertz CT molecular complexity index is 1310. The number of rotatable bonds is 11. The molecular weight excluding hydrogens is 536 g/mol. The lowest BCUT2D eigenvalue weighted by atomic mass is 9.88. The van der Waals surface area contributed by atoms with Crippen LogP contribution < -0.4 is 36.4 Å². The zero-order chi connectivity index (χ0) is 30.2. The van der Waals surface area contributed by atoms with E-state index in [1.807, 2.05) is 0 Å². The SMILES string of the molecule is COc1cccc(OC)c1C(=O)Nc1[nH]c(=O)ncc1CC(NC(=O)NC1(NC(=O)C(C)C)CCCCC1)C(=O)O. The number of carboxylic acids is 1. The predicted molar refractivity (Wildman–Crippen MR) is 148 cm³/mol. The molecule has 4 amide bonds. The second-order valence-electron chi connectivity index (χ2n) is 10.1. The van der Waals surface area contributed by atoms with E-state index in [0.717, 1.165) is 25.5 Å². The molecule has 1 aliphatic carbocycles. The maximum Gasteiger partial charge on any atom is 0.346 e. The van der Waals surface area contributed by atoms with E-state index in [0.29, 0.717) is 12.8 Å². The van der Waals surface area contributed by atoms with Gasteiger partial charge in [0.1, 0.15) is 34.6 Å². The molecule has 14 nitrogen and oxygen atoms in total. The Hall–Kier alpha value is -4.62. The lowest BCUT2D eigenvalue weighted by Gasteiger charge is -2.39. The monoisotopic (exact) mass is 572 g/mol. The first-order valence-electron chi connectivity index (χ1n) is 13.2. The molecule has 1 saturated carbocycles. The quantitative estimate of drug-likeness (QED) is 0.217. The molecule has 14 heteroatoms. The number of hydrogen-bond acceptors (Lipinski definition) is 8. The summed E-state index contributed by atoms with van der Waals surface area (Å²) in [6.45, 7) is 3.48. The molecule has 1 aromatic heterocycles. The fraction of sp³-hybridized carbons (Fsp3) is 0.481. The number of carbonyl (C=O) groups excluding carboxylic acids is 3. The van der Waals surface area contributed by atoms with Crippen LogP contribution in [0.1, 0.15) is 61.9 Å². The number of amides is 4. The van der Waals surface area contributed by atoms with Crippen LogP contribution in [0.4, 0.5) is 10.6 Å². The lowest BCUT2D eigenvalue weighted by molar-refractivity contribution is -0.139. The van der Waals surface area contributed by atoms with Crippen molar-refractivity contribution in [2.75, 3.05) is 19.5 Å². The van der Waals surface area contributed by atoms with Crippen molar-refractivity contribution in [3.05, 3.63) is 46.0 Å². The number of aliphatic carboxylic acids is 1. The first kappa shape index (κ1) is 30.9. The number of H-pyrrole nitrogens is 1. The molecule has 3 rings (SSSR count). The molecule has 0 radical (unpaired) electrons. The van der Waals surface area contributed by atoms with Gasteiger partial charge in [-0.15, -0.1) is 0 Å². The third-order valence-electron chi connectivity index (χ3n) is 6.76. The van der Waals surface area contributed by atoms with Crippen molar-refractivity contribution in [1.82, 2.24) is 25.9 Å². The van der Waals surface area contributed by atoms with E-state index >= 15 is 0 Å². The smallest absolute Gasteiger partial charge is 0.346 e. The molecule has 1 atom stereocenters. The number of aromatic nitrogens is 2. The number of anilines is 1. The van der Waals surface area contributed by atoms with E-state index in [1.165, 1.54) is 14.2 Å². The zero-order valence-corrected chi connectivity index (χ0v) is 23.5. The molecule has 0 saturated heterocycles. The van der Waals surface area contributed by atoms with Crippen LogP contribution in [0.25, 0.3) is 0 Å². The fourth-order valence-corrected chi connectivity index (χ4v) is 4.59. The molecular formula is C27H36N6O8. The third kappa shape index (κ3) is 7.96. The van der Waals surface area contributed by atoms with Crippen molar-refractivity contribution >= 4 is 29.6 Å². The molecule has 1 aliphatic rings. The maximum atomic E-state index is 13.2. The Kier molecular flexibility index (Phi) is 10.3. The first-order chi connectivity index (χ1) is 19.5. The molecule has 6 N–H and O–H groups in total. The summed E-state index contributed by atoms with van der Waals surface area (Å²) in [7, 11) is 2.76. The Balaban J connectivity index is 1.81. The van der Waals surface area contributed by atoms with Crippen LogP contribution in [0.5, 0.6) is 11.5 Å². The number of urea groups is 1. The van der Waals surface area contributed by atoms with E-state index in [9.17, 15) is 29.1 Å². The van der Waals surface area contributed by atoms with Crippen molar-refractivity contribution < 1.29 is 33.8 Å². The highest BCUT2D eigenvalue weighted by molar-refractivity contribution is 6.08. The molecule has 0 aliphatic heterocycles. The van der Waals surface area contributed by atoms with E-state index in [1.54, 1.807) is 32.0 Å². The molecule has 41 heavy (non-hydrogen) atoms. The Morgan fingerprint density at radius 3 is 2.24 bits per heavy atom. The van der Waals surface area contributed by atoms with Gasteiger partial charge in [-0.05, 0) is 37.8 Å². The third-order valence-corrected chi connectivity index (χ3v) is 6.76. The highest BCUT2D eigenvalue weighted by Crippen LogP contribution is 2.29. The maximum absolute atomic E-state index is 13.2. The van der Waals surface area contributed by atoms with Gasteiger partial charge in [0.25, 0.3) is 5.91 Å². The minimum Gasteiger partial charge on any atom is -0.496 e. The molecule has 0 spiro atoms. The number of carbonyl (C=O) groups is 4. The second kappa shape index (κ2) is 13.6.